The number of thioether (sulfide) groups is 1. The zero-order valence-electron chi connectivity index (χ0n) is 19.9. The molecule has 42 heavy (non-hydrogen) atoms. The average Bonchev–Trinajstić information content (AvgIpc) is 2.87. The minimum Gasteiger partial charge on any atom is -0.282 e. The molecular formula is C23H13F17OS. The number of rotatable bonds is 11. The Morgan fingerprint density at radius 1 is 0.500 bits per heavy atom. The number of carbonyl (C=O) groups is 1. The Balaban J connectivity index is 2.25. The Labute approximate surface area is 228 Å². The number of carbonyl (C=O) groups excluding carboxylic acids is 1. The molecule has 0 bridgehead atoms. The molecule has 0 unspecified atom stereocenters. The van der Waals surface area contributed by atoms with Crippen LogP contribution in [-0.4, -0.2) is 58.5 Å². The summed E-state index contributed by atoms with van der Waals surface area (Å²) in [5, 5.41) is -1.16. The van der Waals surface area contributed by atoms with Crippen LogP contribution in [-0.2, 0) is 0 Å². The van der Waals surface area contributed by atoms with Crippen LogP contribution in [0.3, 0.4) is 0 Å². The zero-order chi connectivity index (χ0) is 32.8. The maximum atomic E-state index is 14.0. The molecule has 19 heteroatoms. The van der Waals surface area contributed by atoms with Crippen molar-refractivity contribution in [2.75, 3.05) is 5.75 Å². The molecule has 2 rings (SSSR count). The standard InChI is InChI=1S/C23H13F17OS/c24-16(25,10-11-42-15(41)14-8-6-13(7-9-14)12-4-2-1-3-5-12)17(26,27)18(28,29)19(30,31)20(32,33)21(34,35)22(36,37)23(38,39)40/h1-9H,10-11H2. The predicted octanol–water partition coefficient (Wildman–Crippen LogP) is 9.63. The molecular weight excluding hydrogens is 647 g/mol. The van der Waals surface area contributed by atoms with E-state index in [-0.39, 0.29) is 17.3 Å². The van der Waals surface area contributed by atoms with Gasteiger partial charge in [0.05, 0.1) is 0 Å². The second-order valence-corrected chi connectivity index (χ2v) is 9.55. The van der Waals surface area contributed by atoms with E-state index in [9.17, 15) is 79.4 Å². The number of hydrogen-bond donors (Lipinski definition) is 0. The predicted molar refractivity (Wildman–Crippen MR) is 114 cm³/mol. The molecule has 0 fully saturated rings. The van der Waals surface area contributed by atoms with Crippen molar-refractivity contribution < 1.29 is 79.4 Å². The Hall–Kier alpha value is -2.73. The fourth-order valence-corrected chi connectivity index (χ4v) is 3.98. The topological polar surface area (TPSA) is 17.1 Å². The normalized spacial score (nSPS) is 14.7. The largest absolute Gasteiger partial charge is 0.460 e. The van der Waals surface area contributed by atoms with Gasteiger partial charge in [0, 0.05) is 17.7 Å². The van der Waals surface area contributed by atoms with E-state index >= 15 is 0 Å². The van der Waals surface area contributed by atoms with Crippen LogP contribution in [0.25, 0.3) is 11.1 Å². The summed E-state index contributed by atoms with van der Waals surface area (Å²) in [6.45, 7) is 0. The van der Waals surface area contributed by atoms with E-state index in [4.69, 9.17) is 0 Å². The molecule has 0 saturated carbocycles. The molecule has 0 aliphatic carbocycles. The first-order valence-corrected chi connectivity index (χ1v) is 11.7. The molecule has 0 amide bonds. The minimum atomic E-state index is -8.67. The first-order chi connectivity index (χ1) is 18.7. The van der Waals surface area contributed by atoms with Gasteiger partial charge in [0.1, 0.15) is 0 Å². The van der Waals surface area contributed by atoms with Crippen molar-refractivity contribution in [2.24, 2.45) is 0 Å². The van der Waals surface area contributed by atoms with E-state index < -0.39 is 64.9 Å². The lowest BCUT2D eigenvalue weighted by atomic mass is 9.88. The summed E-state index contributed by atoms with van der Waals surface area (Å²) >= 11 is -0.269. The van der Waals surface area contributed by atoms with Gasteiger partial charge in [0.25, 0.3) is 0 Å². The maximum Gasteiger partial charge on any atom is 0.460 e. The summed E-state index contributed by atoms with van der Waals surface area (Å²) in [4.78, 5) is 12.1. The van der Waals surface area contributed by atoms with Crippen LogP contribution in [0.2, 0.25) is 0 Å². The second kappa shape index (κ2) is 11.1. The summed E-state index contributed by atoms with van der Waals surface area (Å²) in [7, 11) is 0. The molecule has 2 aromatic rings. The van der Waals surface area contributed by atoms with Crippen LogP contribution >= 0.6 is 11.8 Å². The Morgan fingerprint density at radius 2 is 0.881 bits per heavy atom. The van der Waals surface area contributed by atoms with Crippen LogP contribution in [0.4, 0.5) is 74.6 Å². The fraction of sp³-hybridized carbons (Fsp3) is 0.435. The van der Waals surface area contributed by atoms with E-state index in [1.54, 1.807) is 30.3 Å². The number of benzene rings is 2. The van der Waals surface area contributed by atoms with Crippen molar-refractivity contribution in [3.63, 3.8) is 0 Å². The van der Waals surface area contributed by atoms with Gasteiger partial charge in [0.2, 0.25) is 5.12 Å². The van der Waals surface area contributed by atoms with Gasteiger partial charge in [-0.1, -0.05) is 54.2 Å². The lowest BCUT2D eigenvalue weighted by Crippen LogP contribution is -2.74. The Bertz CT molecular complexity index is 1240. The van der Waals surface area contributed by atoms with E-state index in [0.717, 1.165) is 12.1 Å². The van der Waals surface area contributed by atoms with Gasteiger partial charge in [-0.05, 0) is 23.3 Å². The van der Waals surface area contributed by atoms with Crippen molar-refractivity contribution in [3.8, 4) is 11.1 Å². The molecule has 0 aliphatic rings. The first kappa shape index (κ1) is 35.5. The molecule has 2 aromatic carbocycles. The SMILES string of the molecule is O=C(SCCC(F)(F)C(F)(F)C(F)(F)C(F)(F)C(F)(F)C(F)(F)C(F)(F)C(F)(F)F)c1ccc(-c2ccccc2)cc1. The molecule has 0 spiro atoms. The molecule has 0 N–H and O–H groups in total. The van der Waals surface area contributed by atoms with E-state index in [2.05, 4.69) is 0 Å². The van der Waals surface area contributed by atoms with Crippen LogP contribution in [0.1, 0.15) is 16.8 Å². The number of alkyl halides is 17. The minimum absolute atomic E-state index is 0.265. The third kappa shape index (κ3) is 5.64. The molecule has 0 radical (unpaired) electrons. The highest BCUT2D eigenvalue weighted by molar-refractivity contribution is 8.14. The van der Waals surface area contributed by atoms with Crippen molar-refractivity contribution in [2.45, 2.75) is 54.1 Å². The summed E-state index contributed by atoms with van der Waals surface area (Å²) in [5.41, 5.74) is 0.940. The van der Waals surface area contributed by atoms with E-state index in [0.29, 0.717) is 11.1 Å². The maximum absolute atomic E-state index is 14.0. The molecule has 0 aromatic heterocycles. The van der Waals surface area contributed by atoms with Gasteiger partial charge in [-0.15, -0.1) is 0 Å². The second-order valence-electron chi connectivity index (χ2n) is 8.48. The van der Waals surface area contributed by atoms with Crippen LogP contribution in [0, 0.1) is 0 Å². The van der Waals surface area contributed by atoms with Gasteiger partial charge in [-0.25, -0.2) is 0 Å². The van der Waals surface area contributed by atoms with Crippen molar-refractivity contribution >= 4 is 16.9 Å². The zero-order valence-corrected chi connectivity index (χ0v) is 20.7. The number of hydrogen-bond acceptors (Lipinski definition) is 2. The number of halogens is 17. The molecule has 0 aliphatic heterocycles. The summed E-state index contributed by atoms with van der Waals surface area (Å²) in [6.07, 6.45) is -10.5. The quantitative estimate of drug-likeness (QED) is 0.224. The fourth-order valence-electron chi connectivity index (χ4n) is 3.14. The summed E-state index contributed by atoms with van der Waals surface area (Å²) in [6, 6.07) is 13.3. The van der Waals surface area contributed by atoms with Crippen LogP contribution < -0.4 is 0 Å². The highest BCUT2D eigenvalue weighted by Gasteiger charge is 2.95. The van der Waals surface area contributed by atoms with Crippen molar-refractivity contribution in [1.82, 2.24) is 0 Å². The van der Waals surface area contributed by atoms with Gasteiger partial charge in [0.15, 0.2) is 0 Å². The molecule has 0 saturated heterocycles. The lowest BCUT2D eigenvalue weighted by Gasteiger charge is -2.42. The monoisotopic (exact) mass is 660 g/mol. The van der Waals surface area contributed by atoms with Gasteiger partial charge < -0.3 is 0 Å². The van der Waals surface area contributed by atoms with Gasteiger partial charge >= 0.3 is 47.6 Å². The smallest absolute Gasteiger partial charge is 0.282 e. The van der Waals surface area contributed by atoms with Crippen molar-refractivity contribution in [1.29, 1.82) is 0 Å². The van der Waals surface area contributed by atoms with Crippen LogP contribution in [0.15, 0.2) is 54.6 Å². The Morgan fingerprint density at radius 3 is 1.31 bits per heavy atom. The first-order valence-electron chi connectivity index (χ1n) is 10.7. The van der Waals surface area contributed by atoms with Crippen molar-refractivity contribution in [3.05, 3.63) is 60.2 Å². The molecule has 1 nitrogen and oxygen atoms in total. The summed E-state index contributed by atoms with van der Waals surface area (Å²) < 4.78 is 226. The van der Waals surface area contributed by atoms with E-state index in [1.807, 2.05) is 0 Å². The third-order valence-electron chi connectivity index (χ3n) is 5.66. The molecule has 0 atom stereocenters. The molecule has 236 valence electrons. The average molecular weight is 660 g/mol. The van der Waals surface area contributed by atoms with E-state index in [1.165, 1.54) is 12.1 Å². The lowest BCUT2D eigenvalue weighted by molar-refractivity contribution is -0.461. The highest BCUT2D eigenvalue weighted by atomic mass is 32.2. The summed E-state index contributed by atoms with van der Waals surface area (Å²) in [5.74, 6) is -58.2. The third-order valence-corrected chi connectivity index (χ3v) is 6.57. The molecule has 0 heterocycles. The van der Waals surface area contributed by atoms with Crippen LogP contribution in [0.5, 0.6) is 0 Å². The van der Waals surface area contributed by atoms with Gasteiger partial charge in [-0.2, -0.15) is 74.6 Å². The highest BCUT2D eigenvalue weighted by Crippen LogP contribution is 2.64. The Kier molecular flexibility index (Phi) is 9.36. The van der Waals surface area contributed by atoms with Gasteiger partial charge in [-0.3, -0.25) is 4.79 Å².